The summed E-state index contributed by atoms with van der Waals surface area (Å²) in [5.74, 6) is 0. The van der Waals surface area contributed by atoms with E-state index in [4.69, 9.17) is 14.0 Å². The van der Waals surface area contributed by atoms with Gasteiger partial charge in [-0.15, -0.1) is 0 Å². The third-order valence-corrected chi connectivity index (χ3v) is 5.30. The molecule has 1 N–H and O–H groups in total. The van der Waals surface area contributed by atoms with Crippen molar-refractivity contribution in [2.24, 2.45) is 0 Å². The molecule has 1 aliphatic heterocycles. The first kappa shape index (κ1) is 21.4. The quantitative estimate of drug-likeness (QED) is 0.744. The number of carbonyl (C=O) groups is 1. The molecule has 0 unspecified atom stereocenters. The zero-order valence-electron chi connectivity index (χ0n) is 18.3. The first-order valence-corrected chi connectivity index (χ1v) is 9.92. The highest BCUT2D eigenvalue weighted by molar-refractivity contribution is 6.62. The summed E-state index contributed by atoms with van der Waals surface area (Å²) in [6.45, 7) is 13.7. The van der Waals surface area contributed by atoms with Gasteiger partial charge in [0.15, 0.2) is 0 Å². The molecular weight excluding hydrogens is 365 g/mol. The molecule has 0 saturated carbocycles. The summed E-state index contributed by atoms with van der Waals surface area (Å²) in [4.78, 5) is 11.9. The molecule has 29 heavy (non-hydrogen) atoms. The predicted octanol–water partition coefficient (Wildman–Crippen LogP) is 5.00. The van der Waals surface area contributed by atoms with Crippen LogP contribution in [-0.4, -0.2) is 30.0 Å². The number of hydrogen-bond acceptors (Lipinski definition) is 4. The molecule has 0 spiro atoms. The monoisotopic (exact) mass is 395 g/mol. The van der Waals surface area contributed by atoms with Gasteiger partial charge in [-0.25, -0.2) is 4.79 Å². The van der Waals surface area contributed by atoms with E-state index in [0.717, 1.165) is 16.6 Å². The van der Waals surface area contributed by atoms with E-state index >= 15 is 0 Å². The van der Waals surface area contributed by atoms with Crippen LogP contribution < -0.4 is 10.8 Å². The summed E-state index contributed by atoms with van der Waals surface area (Å²) in [5.41, 5.74) is 2.59. The van der Waals surface area contributed by atoms with Crippen LogP contribution in [0.15, 0.2) is 48.5 Å². The lowest BCUT2D eigenvalue weighted by Crippen LogP contribution is -2.41. The molecule has 2 aromatic carbocycles. The van der Waals surface area contributed by atoms with Crippen molar-refractivity contribution in [3.05, 3.63) is 48.5 Å². The number of carbonyl (C=O) groups excluding carboxylic acids is 1. The average Bonchev–Trinajstić information content (AvgIpc) is 2.82. The van der Waals surface area contributed by atoms with Gasteiger partial charge >= 0.3 is 13.2 Å². The van der Waals surface area contributed by atoms with Crippen LogP contribution >= 0.6 is 0 Å². The van der Waals surface area contributed by atoms with Crippen molar-refractivity contribution in [3.8, 4) is 11.1 Å². The van der Waals surface area contributed by atoms with Gasteiger partial charge in [-0.2, -0.15) is 0 Å². The van der Waals surface area contributed by atoms with Crippen LogP contribution in [0, 0.1) is 0 Å². The number of benzene rings is 2. The number of ether oxygens (including phenoxy) is 1. The Kier molecular flexibility index (Phi) is 5.54. The van der Waals surface area contributed by atoms with E-state index in [0.29, 0.717) is 5.69 Å². The molecule has 1 saturated heterocycles. The fourth-order valence-corrected chi connectivity index (χ4v) is 2.98. The highest BCUT2D eigenvalue weighted by atomic mass is 16.7. The standard InChI is InChI=1S/C23H30BNO4/c1-21(2,3)27-20(26)25-19-14-10-17(11-15-19)16-8-12-18(13-9-16)24-28-22(4,5)23(6,7)29-24/h8-15H,1-7H3,(H,25,26). The number of hydrogen-bond donors (Lipinski definition) is 1. The smallest absolute Gasteiger partial charge is 0.444 e. The average molecular weight is 395 g/mol. The van der Waals surface area contributed by atoms with Gasteiger partial charge < -0.3 is 14.0 Å². The Morgan fingerprint density at radius 3 is 1.76 bits per heavy atom. The highest BCUT2D eigenvalue weighted by Crippen LogP contribution is 2.36. The molecule has 1 amide bonds. The lowest BCUT2D eigenvalue weighted by molar-refractivity contribution is 0.00578. The van der Waals surface area contributed by atoms with E-state index < -0.39 is 11.7 Å². The van der Waals surface area contributed by atoms with Gasteiger partial charge in [0, 0.05) is 5.69 Å². The van der Waals surface area contributed by atoms with Gasteiger partial charge in [-0.05, 0) is 77.2 Å². The topological polar surface area (TPSA) is 56.8 Å². The molecule has 1 heterocycles. The molecule has 0 radical (unpaired) electrons. The van der Waals surface area contributed by atoms with Crippen LogP contribution in [0.4, 0.5) is 10.5 Å². The van der Waals surface area contributed by atoms with E-state index in [1.165, 1.54) is 0 Å². The van der Waals surface area contributed by atoms with Crippen molar-refractivity contribution < 1.29 is 18.8 Å². The van der Waals surface area contributed by atoms with Gasteiger partial charge in [0.1, 0.15) is 5.60 Å². The minimum absolute atomic E-state index is 0.354. The van der Waals surface area contributed by atoms with Crippen molar-refractivity contribution in [1.29, 1.82) is 0 Å². The fourth-order valence-electron chi connectivity index (χ4n) is 2.98. The first-order valence-electron chi connectivity index (χ1n) is 9.92. The third-order valence-electron chi connectivity index (χ3n) is 5.30. The third kappa shape index (κ3) is 5.00. The lowest BCUT2D eigenvalue weighted by atomic mass is 9.78. The molecule has 0 aliphatic carbocycles. The first-order chi connectivity index (χ1) is 13.4. The second kappa shape index (κ2) is 7.50. The Labute approximate surface area is 173 Å². The van der Waals surface area contributed by atoms with Gasteiger partial charge in [-0.1, -0.05) is 36.4 Å². The number of anilines is 1. The molecule has 154 valence electrons. The summed E-state index contributed by atoms with van der Waals surface area (Å²) in [6.07, 6.45) is -0.461. The SMILES string of the molecule is CC(C)(C)OC(=O)Nc1ccc(-c2ccc(B3OC(C)(C)C(C)(C)O3)cc2)cc1. The zero-order chi connectivity index (χ0) is 21.4. The predicted molar refractivity (Wildman–Crippen MR) is 117 cm³/mol. The number of rotatable bonds is 3. The van der Waals surface area contributed by atoms with Crippen molar-refractivity contribution in [2.45, 2.75) is 65.3 Å². The Morgan fingerprint density at radius 1 is 0.862 bits per heavy atom. The molecule has 2 aromatic rings. The van der Waals surface area contributed by atoms with E-state index in [9.17, 15) is 4.79 Å². The number of nitrogens with one attached hydrogen (secondary N) is 1. The van der Waals surface area contributed by atoms with Gasteiger partial charge in [0.25, 0.3) is 0 Å². The second-order valence-electron chi connectivity index (χ2n) is 9.41. The van der Waals surface area contributed by atoms with Crippen LogP contribution in [0.25, 0.3) is 11.1 Å². The summed E-state index contributed by atoms with van der Waals surface area (Å²) in [7, 11) is -0.366. The fraction of sp³-hybridized carbons (Fsp3) is 0.435. The largest absolute Gasteiger partial charge is 0.494 e. The summed E-state index contributed by atoms with van der Waals surface area (Å²) in [5, 5.41) is 2.74. The van der Waals surface area contributed by atoms with Crippen molar-refractivity contribution in [3.63, 3.8) is 0 Å². The van der Waals surface area contributed by atoms with Crippen molar-refractivity contribution in [1.82, 2.24) is 0 Å². The van der Waals surface area contributed by atoms with Crippen molar-refractivity contribution >= 4 is 24.4 Å². The summed E-state index contributed by atoms with van der Waals surface area (Å²) < 4.78 is 17.5. The van der Waals surface area contributed by atoms with Crippen LogP contribution in [0.1, 0.15) is 48.5 Å². The van der Waals surface area contributed by atoms with Crippen molar-refractivity contribution in [2.75, 3.05) is 5.32 Å². The zero-order valence-corrected chi connectivity index (χ0v) is 18.3. The molecule has 0 atom stereocenters. The minimum Gasteiger partial charge on any atom is -0.444 e. The molecule has 0 bridgehead atoms. The molecule has 6 heteroatoms. The number of amides is 1. The highest BCUT2D eigenvalue weighted by Gasteiger charge is 2.51. The molecule has 1 aliphatic rings. The maximum Gasteiger partial charge on any atom is 0.494 e. The Hall–Kier alpha value is -2.31. The summed E-state index contributed by atoms with van der Waals surface area (Å²) in [6, 6.07) is 15.8. The normalized spacial score (nSPS) is 17.8. The molecule has 5 nitrogen and oxygen atoms in total. The lowest BCUT2D eigenvalue weighted by Gasteiger charge is -2.32. The van der Waals surface area contributed by atoms with E-state index in [-0.39, 0.29) is 18.3 Å². The van der Waals surface area contributed by atoms with Gasteiger partial charge in [-0.3, -0.25) is 5.32 Å². The molecule has 3 rings (SSSR count). The Balaban J connectivity index is 1.67. The van der Waals surface area contributed by atoms with E-state index in [1.807, 2.05) is 84.9 Å². The maximum atomic E-state index is 11.9. The van der Waals surface area contributed by atoms with Crippen LogP contribution in [0.2, 0.25) is 0 Å². The Morgan fingerprint density at radius 2 is 1.31 bits per heavy atom. The molecular formula is C23H30BNO4. The van der Waals surface area contributed by atoms with Crippen LogP contribution in [-0.2, 0) is 14.0 Å². The maximum absolute atomic E-state index is 11.9. The Bertz CT molecular complexity index is 851. The van der Waals surface area contributed by atoms with Gasteiger partial charge in [0.05, 0.1) is 11.2 Å². The second-order valence-corrected chi connectivity index (χ2v) is 9.41. The summed E-state index contributed by atoms with van der Waals surface area (Å²) >= 11 is 0. The molecule has 1 fully saturated rings. The van der Waals surface area contributed by atoms with Crippen LogP contribution in [0.5, 0.6) is 0 Å². The van der Waals surface area contributed by atoms with Crippen LogP contribution in [0.3, 0.4) is 0 Å². The van der Waals surface area contributed by atoms with E-state index in [2.05, 4.69) is 17.4 Å². The minimum atomic E-state index is -0.525. The molecule has 0 aromatic heterocycles. The van der Waals surface area contributed by atoms with Gasteiger partial charge in [0.2, 0.25) is 0 Å². The van der Waals surface area contributed by atoms with E-state index in [1.54, 1.807) is 0 Å².